The Bertz CT molecular complexity index is 389. The Morgan fingerprint density at radius 3 is 2.80 bits per heavy atom. The van der Waals surface area contributed by atoms with Crippen molar-refractivity contribution in [3.63, 3.8) is 0 Å². The van der Waals surface area contributed by atoms with Gasteiger partial charge in [0, 0.05) is 18.8 Å². The molecule has 0 saturated heterocycles. The quantitative estimate of drug-likeness (QED) is 0.819. The number of benzene rings is 1. The highest BCUT2D eigenvalue weighted by atomic mass is 16.4. The van der Waals surface area contributed by atoms with Crippen LogP contribution in [-0.4, -0.2) is 24.2 Å². The zero-order valence-electron chi connectivity index (χ0n) is 8.97. The predicted molar refractivity (Wildman–Crippen MR) is 59.1 cm³/mol. The molecule has 1 fully saturated rings. The van der Waals surface area contributed by atoms with Crippen LogP contribution >= 0.6 is 0 Å². The molecule has 1 N–H and O–H groups in total. The molecule has 2 unspecified atom stereocenters. The number of carboxylic acid groups (broad SMARTS) is 1. The molecule has 0 aromatic heterocycles. The van der Waals surface area contributed by atoms with Crippen molar-refractivity contribution >= 4 is 11.7 Å². The van der Waals surface area contributed by atoms with E-state index in [9.17, 15) is 4.79 Å². The summed E-state index contributed by atoms with van der Waals surface area (Å²) in [6.07, 6.45) is 0.764. The Labute approximate surface area is 89.3 Å². The monoisotopic (exact) mass is 205 g/mol. The second-order valence-electron chi connectivity index (χ2n) is 4.20. The van der Waals surface area contributed by atoms with Crippen LogP contribution in [0.15, 0.2) is 24.3 Å². The number of anilines is 1. The normalized spacial score (nSPS) is 23.6. The van der Waals surface area contributed by atoms with E-state index in [1.807, 2.05) is 32.2 Å². The van der Waals surface area contributed by atoms with Gasteiger partial charge >= 0.3 is 5.97 Å². The number of rotatable bonds is 3. The molecule has 0 spiro atoms. The number of hydrogen-bond donors (Lipinski definition) is 1. The Morgan fingerprint density at radius 1 is 1.53 bits per heavy atom. The van der Waals surface area contributed by atoms with Gasteiger partial charge in [-0.05, 0) is 31.0 Å². The second kappa shape index (κ2) is 3.57. The smallest absolute Gasteiger partial charge is 0.308 e. The van der Waals surface area contributed by atoms with Crippen LogP contribution < -0.4 is 4.90 Å². The predicted octanol–water partition coefficient (Wildman–Crippen LogP) is 1.90. The van der Waals surface area contributed by atoms with E-state index in [1.165, 1.54) is 5.56 Å². The summed E-state index contributed by atoms with van der Waals surface area (Å²) >= 11 is 0. The summed E-state index contributed by atoms with van der Waals surface area (Å²) in [6, 6.07) is 8.31. The minimum absolute atomic E-state index is 0.171. The minimum Gasteiger partial charge on any atom is -0.481 e. The summed E-state index contributed by atoms with van der Waals surface area (Å²) in [5.74, 6) is -0.866. The molecule has 1 aliphatic rings. The highest BCUT2D eigenvalue weighted by Gasteiger charge is 2.46. The molecular weight excluding hydrogens is 190 g/mol. The van der Waals surface area contributed by atoms with Crippen molar-refractivity contribution < 1.29 is 9.90 Å². The number of carbonyl (C=O) groups is 1. The summed E-state index contributed by atoms with van der Waals surface area (Å²) in [5, 5.41) is 8.85. The number of aliphatic carboxylic acids is 1. The first-order valence-corrected chi connectivity index (χ1v) is 5.12. The minimum atomic E-state index is -0.681. The van der Waals surface area contributed by atoms with E-state index in [0.29, 0.717) is 0 Å². The van der Waals surface area contributed by atoms with Gasteiger partial charge in [0.25, 0.3) is 0 Å². The third-order valence-electron chi connectivity index (χ3n) is 2.98. The highest BCUT2D eigenvalue weighted by Crippen LogP contribution is 2.37. The third kappa shape index (κ3) is 1.96. The van der Waals surface area contributed by atoms with Crippen molar-refractivity contribution in [2.45, 2.75) is 19.4 Å². The van der Waals surface area contributed by atoms with Gasteiger partial charge in [-0.15, -0.1) is 0 Å². The van der Waals surface area contributed by atoms with Gasteiger partial charge in [0.1, 0.15) is 0 Å². The van der Waals surface area contributed by atoms with E-state index < -0.39 is 5.97 Å². The van der Waals surface area contributed by atoms with E-state index in [2.05, 4.69) is 11.0 Å². The van der Waals surface area contributed by atoms with Crippen LogP contribution in [0.5, 0.6) is 0 Å². The number of carboxylic acids is 1. The standard InChI is InChI=1S/C12H15NO2/c1-8-4-3-5-9(6-8)13(2)11-7-10(11)12(14)15/h3-6,10-11H,7H2,1-2H3,(H,14,15). The fourth-order valence-corrected chi connectivity index (χ4v) is 1.91. The van der Waals surface area contributed by atoms with Crippen LogP contribution in [0.25, 0.3) is 0 Å². The maximum Gasteiger partial charge on any atom is 0.308 e. The molecule has 1 saturated carbocycles. The van der Waals surface area contributed by atoms with E-state index in [4.69, 9.17) is 5.11 Å². The van der Waals surface area contributed by atoms with Gasteiger partial charge in [0.2, 0.25) is 0 Å². The lowest BCUT2D eigenvalue weighted by atomic mass is 10.2. The summed E-state index contributed by atoms with van der Waals surface area (Å²) in [6.45, 7) is 2.04. The third-order valence-corrected chi connectivity index (χ3v) is 2.98. The average molecular weight is 205 g/mol. The first kappa shape index (κ1) is 10.0. The van der Waals surface area contributed by atoms with Crippen molar-refractivity contribution in [2.24, 2.45) is 5.92 Å². The molecule has 0 heterocycles. The van der Waals surface area contributed by atoms with E-state index in [-0.39, 0.29) is 12.0 Å². The molecule has 1 aliphatic carbocycles. The van der Waals surface area contributed by atoms with Crippen molar-refractivity contribution in [1.82, 2.24) is 0 Å². The van der Waals surface area contributed by atoms with Crippen LogP contribution in [-0.2, 0) is 4.79 Å². The Hall–Kier alpha value is -1.51. The maximum atomic E-state index is 10.7. The Morgan fingerprint density at radius 2 is 2.27 bits per heavy atom. The lowest BCUT2D eigenvalue weighted by Crippen LogP contribution is -2.23. The number of hydrogen-bond acceptors (Lipinski definition) is 2. The summed E-state index contributed by atoms with van der Waals surface area (Å²) < 4.78 is 0. The van der Waals surface area contributed by atoms with Gasteiger partial charge < -0.3 is 10.0 Å². The van der Waals surface area contributed by atoms with Gasteiger partial charge in [-0.3, -0.25) is 4.79 Å². The molecule has 2 atom stereocenters. The lowest BCUT2D eigenvalue weighted by molar-refractivity contribution is -0.138. The van der Waals surface area contributed by atoms with Crippen LogP contribution in [0, 0.1) is 12.8 Å². The van der Waals surface area contributed by atoms with Crippen LogP contribution in [0.2, 0.25) is 0 Å². The molecule has 0 radical (unpaired) electrons. The molecular formula is C12H15NO2. The van der Waals surface area contributed by atoms with Crippen LogP contribution in [0.4, 0.5) is 5.69 Å². The molecule has 0 bridgehead atoms. The summed E-state index contributed by atoms with van der Waals surface area (Å²) in [7, 11) is 1.96. The summed E-state index contributed by atoms with van der Waals surface area (Å²) in [4.78, 5) is 12.8. The molecule has 3 nitrogen and oxygen atoms in total. The van der Waals surface area contributed by atoms with E-state index >= 15 is 0 Å². The topological polar surface area (TPSA) is 40.5 Å². The number of aryl methyl sites for hydroxylation is 1. The zero-order valence-corrected chi connectivity index (χ0v) is 8.97. The Balaban J connectivity index is 2.10. The van der Waals surface area contributed by atoms with Crippen molar-refractivity contribution in [3.8, 4) is 0 Å². The van der Waals surface area contributed by atoms with E-state index in [1.54, 1.807) is 0 Å². The first-order chi connectivity index (χ1) is 7.09. The number of nitrogens with zero attached hydrogens (tertiary/aromatic N) is 1. The van der Waals surface area contributed by atoms with Crippen molar-refractivity contribution in [3.05, 3.63) is 29.8 Å². The molecule has 1 aromatic rings. The molecule has 1 aromatic carbocycles. The summed E-state index contributed by atoms with van der Waals surface area (Å²) in [5.41, 5.74) is 2.30. The van der Waals surface area contributed by atoms with Gasteiger partial charge in [-0.25, -0.2) is 0 Å². The molecule has 2 rings (SSSR count). The molecule has 80 valence electrons. The zero-order chi connectivity index (χ0) is 11.0. The maximum absolute atomic E-state index is 10.7. The van der Waals surface area contributed by atoms with Gasteiger partial charge in [-0.2, -0.15) is 0 Å². The fraction of sp³-hybridized carbons (Fsp3) is 0.417. The second-order valence-corrected chi connectivity index (χ2v) is 4.20. The van der Waals surface area contributed by atoms with Crippen molar-refractivity contribution in [2.75, 3.05) is 11.9 Å². The molecule has 3 heteroatoms. The lowest BCUT2D eigenvalue weighted by Gasteiger charge is -2.19. The van der Waals surface area contributed by atoms with Crippen LogP contribution in [0.1, 0.15) is 12.0 Å². The highest BCUT2D eigenvalue weighted by molar-refractivity contribution is 5.76. The fourth-order valence-electron chi connectivity index (χ4n) is 1.91. The van der Waals surface area contributed by atoms with Crippen LogP contribution in [0.3, 0.4) is 0 Å². The first-order valence-electron chi connectivity index (χ1n) is 5.12. The Kier molecular flexibility index (Phi) is 2.39. The van der Waals surface area contributed by atoms with Gasteiger partial charge in [0.15, 0.2) is 0 Å². The largest absolute Gasteiger partial charge is 0.481 e. The van der Waals surface area contributed by atoms with Gasteiger partial charge in [0.05, 0.1) is 5.92 Å². The SMILES string of the molecule is Cc1cccc(N(C)C2CC2C(=O)O)c1. The van der Waals surface area contributed by atoms with Gasteiger partial charge in [-0.1, -0.05) is 12.1 Å². The molecule has 15 heavy (non-hydrogen) atoms. The molecule has 0 amide bonds. The van der Waals surface area contributed by atoms with Crippen molar-refractivity contribution in [1.29, 1.82) is 0 Å². The van der Waals surface area contributed by atoms with E-state index in [0.717, 1.165) is 12.1 Å². The average Bonchev–Trinajstić information content (AvgIpc) is 2.96. The molecule has 0 aliphatic heterocycles.